The van der Waals surface area contributed by atoms with E-state index in [9.17, 15) is 24.0 Å². The average molecular weight is 849 g/mol. The number of azide groups is 2. The minimum Gasteiger partial charge on any atom is -0.481 e. The summed E-state index contributed by atoms with van der Waals surface area (Å²) in [5, 5.41) is 26.4. The van der Waals surface area contributed by atoms with Crippen LogP contribution in [0.2, 0.25) is 0 Å². The zero-order valence-electron chi connectivity index (χ0n) is 34.0. The van der Waals surface area contributed by atoms with Crippen LogP contribution in [0.15, 0.2) is 10.2 Å². The average Bonchev–Trinajstić information content (AvgIpc) is 3.21. The lowest BCUT2D eigenvalue weighted by Gasteiger charge is -2.19. The fraction of sp³-hybridized carbons (Fsp3) is 0.857. The van der Waals surface area contributed by atoms with Gasteiger partial charge < -0.3 is 64.3 Å². The second kappa shape index (κ2) is 43.2. The van der Waals surface area contributed by atoms with Gasteiger partial charge in [0, 0.05) is 61.8 Å². The van der Waals surface area contributed by atoms with Gasteiger partial charge in [-0.15, -0.1) is 0 Å². The number of carbonyl (C=O) groups excluding carboxylic acids is 4. The molecule has 1 atom stereocenters. The highest BCUT2D eigenvalue weighted by Crippen LogP contribution is 2.03. The molecule has 0 aliphatic heterocycles. The van der Waals surface area contributed by atoms with E-state index >= 15 is 0 Å². The van der Waals surface area contributed by atoms with Gasteiger partial charge in [0.25, 0.3) is 0 Å². The van der Waals surface area contributed by atoms with Crippen LogP contribution in [0, 0.1) is 0 Å². The molecule has 0 saturated carbocycles. The van der Waals surface area contributed by atoms with Crippen molar-refractivity contribution in [3.8, 4) is 0 Å². The Kier molecular flexibility index (Phi) is 40.0. The number of nitrogens with one attached hydrogen (secondary N) is 4. The molecule has 24 nitrogen and oxygen atoms in total. The topological polar surface area (TPSA) is 325 Å². The molecule has 5 N–H and O–H groups in total. The summed E-state index contributed by atoms with van der Waals surface area (Å²) in [6, 6.07) is -0.818. The van der Waals surface area contributed by atoms with E-state index in [0.29, 0.717) is 105 Å². The number of ether oxygens (including phenoxy) is 8. The van der Waals surface area contributed by atoms with Crippen LogP contribution in [0.3, 0.4) is 0 Å². The standard InChI is InChI=1S/C35H64N10O14/c36-44-41-12-18-56-23-20-52-14-6-31(46)38-9-2-1-4-30(35(51)40-11-17-55-25-27-59-29-28-58-26-22-54-16-8-34(49)50)43-33(48)5-3-10-39-32(47)7-15-53-21-24-57-19-13-42-45-37/h30H,1-29H2,(H,38,46)(H,39,47)(H,40,51)(H,43,48)(H,49,50)/t30-/m1/s1. The normalized spacial score (nSPS) is 11.2. The van der Waals surface area contributed by atoms with Gasteiger partial charge in [0.1, 0.15) is 6.04 Å². The number of hydrogen-bond acceptors (Lipinski definition) is 15. The molecule has 0 aromatic heterocycles. The molecule has 0 aromatic rings. The van der Waals surface area contributed by atoms with Crippen LogP contribution in [-0.4, -0.2) is 179 Å². The Bertz CT molecular complexity index is 1210. The lowest BCUT2D eigenvalue weighted by Crippen LogP contribution is -2.47. The quantitative estimate of drug-likeness (QED) is 0.0245. The van der Waals surface area contributed by atoms with E-state index in [2.05, 4.69) is 41.3 Å². The molecule has 338 valence electrons. The van der Waals surface area contributed by atoms with Gasteiger partial charge in [-0.25, -0.2) is 0 Å². The third-order valence-corrected chi connectivity index (χ3v) is 7.41. The van der Waals surface area contributed by atoms with E-state index in [0.717, 1.165) is 0 Å². The predicted octanol–water partition coefficient (Wildman–Crippen LogP) is 0.779. The molecule has 0 unspecified atom stereocenters. The minimum atomic E-state index is -0.919. The summed E-state index contributed by atoms with van der Waals surface area (Å²) in [7, 11) is 0. The largest absolute Gasteiger partial charge is 0.481 e. The first-order valence-electron chi connectivity index (χ1n) is 19.8. The van der Waals surface area contributed by atoms with Crippen molar-refractivity contribution < 1.29 is 67.0 Å². The second-order valence-corrected chi connectivity index (χ2v) is 12.2. The van der Waals surface area contributed by atoms with Gasteiger partial charge in [0.05, 0.1) is 112 Å². The van der Waals surface area contributed by atoms with E-state index in [1.807, 2.05) is 0 Å². The van der Waals surface area contributed by atoms with E-state index in [1.54, 1.807) is 0 Å². The van der Waals surface area contributed by atoms with Gasteiger partial charge in [-0.2, -0.15) is 0 Å². The first-order valence-corrected chi connectivity index (χ1v) is 19.8. The van der Waals surface area contributed by atoms with Crippen molar-refractivity contribution in [2.24, 2.45) is 10.2 Å². The lowest BCUT2D eigenvalue weighted by atomic mass is 10.1. The molecule has 4 amide bonds. The summed E-state index contributed by atoms with van der Waals surface area (Å²) < 4.78 is 42.6. The summed E-state index contributed by atoms with van der Waals surface area (Å²) in [4.78, 5) is 65.7. The van der Waals surface area contributed by atoms with Gasteiger partial charge in [0.15, 0.2) is 0 Å². The van der Waals surface area contributed by atoms with Crippen molar-refractivity contribution >= 4 is 29.6 Å². The molecule has 0 radical (unpaired) electrons. The number of carbonyl (C=O) groups is 5. The third kappa shape index (κ3) is 41.6. The van der Waals surface area contributed by atoms with Crippen molar-refractivity contribution in [3.05, 3.63) is 20.9 Å². The number of rotatable bonds is 44. The Morgan fingerprint density at radius 3 is 1.37 bits per heavy atom. The molecule has 0 aromatic carbocycles. The Morgan fingerprint density at radius 2 is 0.898 bits per heavy atom. The summed E-state index contributed by atoms with van der Waals surface area (Å²) in [5.74, 6) is -2.05. The van der Waals surface area contributed by atoms with Gasteiger partial charge in [-0.3, -0.25) is 24.0 Å². The number of carboxylic acids is 1. The SMILES string of the molecule is [N-]=[N+]=NCCOCCOCCC(=O)NCCCC[C@@H](NC(=O)CCCNC(=O)CCOCCOCCN=[N+]=[N-])C(=O)NCCOCCOCCOCCOCCC(=O)O. The molecule has 0 saturated heterocycles. The Balaban J connectivity index is 4.42. The van der Waals surface area contributed by atoms with Crippen LogP contribution in [0.25, 0.3) is 20.9 Å². The maximum Gasteiger partial charge on any atom is 0.305 e. The van der Waals surface area contributed by atoms with Crippen molar-refractivity contribution in [1.82, 2.24) is 21.3 Å². The maximum atomic E-state index is 13.0. The third-order valence-electron chi connectivity index (χ3n) is 7.41. The molecule has 24 heteroatoms. The Morgan fingerprint density at radius 1 is 0.475 bits per heavy atom. The highest BCUT2D eigenvalue weighted by molar-refractivity contribution is 5.87. The molecular formula is C35H64N10O14. The number of nitrogens with zero attached hydrogens (tertiary/aromatic N) is 6. The van der Waals surface area contributed by atoms with Crippen molar-refractivity contribution in [2.75, 3.05) is 138 Å². The second-order valence-electron chi connectivity index (χ2n) is 12.2. The van der Waals surface area contributed by atoms with Crippen LogP contribution >= 0.6 is 0 Å². The van der Waals surface area contributed by atoms with Crippen LogP contribution in [0.4, 0.5) is 0 Å². The molecule has 59 heavy (non-hydrogen) atoms. The highest BCUT2D eigenvalue weighted by atomic mass is 16.6. The number of hydrogen-bond donors (Lipinski definition) is 5. The maximum absolute atomic E-state index is 13.0. The number of carboxylic acid groups (broad SMARTS) is 1. The summed E-state index contributed by atoms with van der Waals surface area (Å²) >= 11 is 0. The van der Waals surface area contributed by atoms with Crippen LogP contribution < -0.4 is 21.3 Å². The minimum absolute atomic E-state index is 0.0563. The van der Waals surface area contributed by atoms with Crippen LogP contribution in [-0.2, 0) is 61.9 Å². The molecule has 0 aliphatic rings. The fourth-order valence-corrected chi connectivity index (χ4v) is 4.45. The van der Waals surface area contributed by atoms with Gasteiger partial charge in [0.2, 0.25) is 23.6 Å². The summed E-state index contributed by atoms with van der Waals surface area (Å²) in [6.07, 6.45) is 2.14. The van der Waals surface area contributed by atoms with Gasteiger partial charge in [-0.05, 0) is 36.7 Å². The number of aliphatic carboxylic acids is 1. The zero-order chi connectivity index (χ0) is 43.3. The van der Waals surface area contributed by atoms with Gasteiger partial charge >= 0.3 is 5.97 Å². The lowest BCUT2D eigenvalue weighted by molar-refractivity contribution is -0.138. The van der Waals surface area contributed by atoms with Crippen LogP contribution in [0.5, 0.6) is 0 Å². The van der Waals surface area contributed by atoms with Gasteiger partial charge in [-0.1, -0.05) is 10.2 Å². The van der Waals surface area contributed by atoms with E-state index in [1.165, 1.54) is 0 Å². The Labute approximate surface area is 344 Å². The van der Waals surface area contributed by atoms with Crippen molar-refractivity contribution in [1.29, 1.82) is 0 Å². The first-order chi connectivity index (χ1) is 28.8. The smallest absolute Gasteiger partial charge is 0.305 e. The molecule has 0 bridgehead atoms. The Hall–Kier alpha value is -4.35. The fourth-order valence-electron chi connectivity index (χ4n) is 4.45. The molecule has 0 spiro atoms. The number of amides is 4. The van der Waals surface area contributed by atoms with E-state index in [4.69, 9.17) is 54.1 Å². The van der Waals surface area contributed by atoms with Crippen LogP contribution in [0.1, 0.15) is 51.4 Å². The number of unbranched alkanes of at least 4 members (excludes halogenated alkanes) is 1. The monoisotopic (exact) mass is 848 g/mol. The molecular weight excluding hydrogens is 784 g/mol. The first kappa shape index (κ1) is 54.6. The molecule has 0 heterocycles. The summed E-state index contributed by atoms with van der Waals surface area (Å²) in [5.41, 5.74) is 16.4. The zero-order valence-corrected chi connectivity index (χ0v) is 34.0. The van der Waals surface area contributed by atoms with Crippen molar-refractivity contribution in [3.63, 3.8) is 0 Å². The molecule has 0 rings (SSSR count). The molecule has 0 aliphatic carbocycles. The van der Waals surface area contributed by atoms with E-state index < -0.39 is 12.0 Å². The highest BCUT2D eigenvalue weighted by Gasteiger charge is 2.20. The van der Waals surface area contributed by atoms with Crippen molar-refractivity contribution in [2.45, 2.75) is 57.4 Å². The molecule has 0 fully saturated rings. The summed E-state index contributed by atoms with van der Waals surface area (Å²) in [6.45, 7) is 5.83. The van der Waals surface area contributed by atoms with E-state index in [-0.39, 0.29) is 109 Å². The predicted molar refractivity (Wildman–Crippen MR) is 210 cm³/mol.